The van der Waals surface area contributed by atoms with Crippen LogP contribution in [0.4, 0.5) is 14.5 Å². The van der Waals surface area contributed by atoms with Crippen molar-refractivity contribution in [2.24, 2.45) is 0 Å². The molecule has 0 atom stereocenters. The van der Waals surface area contributed by atoms with Crippen molar-refractivity contribution in [1.29, 1.82) is 0 Å². The third-order valence-corrected chi connectivity index (χ3v) is 2.90. The molecule has 0 bridgehead atoms. The number of hydrogen-bond acceptors (Lipinski definition) is 4. The Labute approximate surface area is 120 Å². The van der Waals surface area contributed by atoms with Gasteiger partial charge in [-0.2, -0.15) is 4.39 Å². The lowest BCUT2D eigenvalue weighted by Gasteiger charge is -2.26. The Balaban J connectivity index is 3.16. The molecule has 0 aliphatic rings. The molecule has 1 amide bonds. The first-order valence-corrected chi connectivity index (χ1v) is 6.34. The van der Waals surface area contributed by atoms with Crippen molar-refractivity contribution in [2.75, 3.05) is 13.2 Å². The molecule has 0 aliphatic carbocycles. The van der Waals surface area contributed by atoms with E-state index in [0.29, 0.717) is 18.6 Å². The number of hydrogen-bond donors (Lipinski definition) is 1. The van der Waals surface area contributed by atoms with Crippen molar-refractivity contribution in [2.45, 2.75) is 26.3 Å². The molecule has 1 rings (SSSR count). The van der Waals surface area contributed by atoms with E-state index in [1.165, 1.54) is 4.90 Å². The number of aliphatic hydroxyl groups is 1. The monoisotopic (exact) mass is 302 g/mol. The number of nitro benzene ring substituents is 1. The third-order valence-electron chi connectivity index (χ3n) is 2.90. The molecule has 1 aromatic carbocycles. The van der Waals surface area contributed by atoms with Gasteiger partial charge in [-0.1, -0.05) is 0 Å². The maximum absolute atomic E-state index is 13.8. The minimum atomic E-state index is -1.27. The van der Waals surface area contributed by atoms with E-state index in [9.17, 15) is 23.7 Å². The van der Waals surface area contributed by atoms with Crippen LogP contribution in [0, 0.1) is 21.7 Å². The number of rotatable bonds is 6. The predicted octanol–water partition coefficient (Wildman–Crippen LogP) is 2.11. The van der Waals surface area contributed by atoms with Gasteiger partial charge in [0.05, 0.1) is 16.6 Å². The number of halogens is 2. The van der Waals surface area contributed by atoms with Gasteiger partial charge in [-0.25, -0.2) is 4.39 Å². The van der Waals surface area contributed by atoms with E-state index in [2.05, 4.69) is 0 Å². The molecule has 0 spiro atoms. The zero-order valence-electron chi connectivity index (χ0n) is 11.7. The van der Waals surface area contributed by atoms with E-state index in [4.69, 9.17) is 5.11 Å². The second-order valence-corrected chi connectivity index (χ2v) is 4.71. The van der Waals surface area contributed by atoms with Gasteiger partial charge in [0, 0.05) is 19.2 Å². The zero-order valence-corrected chi connectivity index (χ0v) is 11.7. The lowest BCUT2D eigenvalue weighted by Crippen LogP contribution is -2.38. The highest BCUT2D eigenvalue weighted by molar-refractivity contribution is 5.95. The van der Waals surface area contributed by atoms with Gasteiger partial charge in [0.2, 0.25) is 5.82 Å². The summed E-state index contributed by atoms with van der Waals surface area (Å²) in [5.74, 6) is -3.19. The molecule has 0 saturated carbocycles. The first-order chi connectivity index (χ1) is 9.79. The topological polar surface area (TPSA) is 83.7 Å². The minimum absolute atomic E-state index is 0.145. The fourth-order valence-corrected chi connectivity index (χ4v) is 1.83. The number of carbonyl (C=O) groups is 1. The third kappa shape index (κ3) is 3.94. The highest BCUT2D eigenvalue weighted by Crippen LogP contribution is 2.23. The first kappa shape index (κ1) is 17.0. The van der Waals surface area contributed by atoms with Gasteiger partial charge in [0.25, 0.3) is 5.91 Å². The van der Waals surface area contributed by atoms with Crippen LogP contribution in [0.2, 0.25) is 0 Å². The van der Waals surface area contributed by atoms with E-state index in [0.717, 1.165) is 0 Å². The second kappa shape index (κ2) is 7.07. The van der Waals surface area contributed by atoms with Gasteiger partial charge in [-0.15, -0.1) is 0 Å². The van der Waals surface area contributed by atoms with Crippen LogP contribution in [0.5, 0.6) is 0 Å². The van der Waals surface area contributed by atoms with Gasteiger partial charge in [0.15, 0.2) is 0 Å². The van der Waals surface area contributed by atoms with Crippen LogP contribution in [-0.4, -0.2) is 40.0 Å². The van der Waals surface area contributed by atoms with Crippen LogP contribution in [0.3, 0.4) is 0 Å². The van der Waals surface area contributed by atoms with Gasteiger partial charge in [0.1, 0.15) is 5.82 Å². The summed E-state index contributed by atoms with van der Waals surface area (Å²) in [4.78, 5) is 22.9. The number of aliphatic hydroxyl groups excluding tert-OH is 1. The smallest absolute Gasteiger partial charge is 0.307 e. The molecule has 0 aromatic heterocycles. The van der Waals surface area contributed by atoms with E-state index < -0.39 is 33.7 Å². The minimum Gasteiger partial charge on any atom is -0.396 e. The maximum atomic E-state index is 13.8. The summed E-state index contributed by atoms with van der Waals surface area (Å²) in [5, 5.41) is 19.3. The number of carbonyl (C=O) groups excluding carboxylic acids is 1. The molecule has 0 aliphatic heterocycles. The number of nitrogens with zero attached hydrogens (tertiary/aromatic N) is 2. The number of nitro groups is 1. The van der Waals surface area contributed by atoms with Crippen LogP contribution in [-0.2, 0) is 0 Å². The Kier molecular flexibility index (Phi) is 5.71. The summed E-state index contributed by atoms with van der Waals surface area (Å²) in [5.41, 5.74) is -1.58. The van der Waals surface area contributed by atoms with Crippen LogP contribution in [0.1, 0.15) is 30.6 Å². The molecule has 8 heteroatoms. The average molecular weight is 302 g/mol. The standard InChI is InChI=1S/C13H16F2N2O4/c1-8(2)16(4-3-5-18)13(19)9-6-11(15)12(17(20)21)7-10(9)14/h6-8,18H,3-5H2,1-2H3. The molecule has 21 heavy (non-hydrogen) atoms. The molecular formula is C13H16F2N2O4. The summed E-state index contributed by atoms with van der Waals surface area (Å²) in [6.07, 6.45) is 0.293. The van der Waals surface area contributed by atoms with E-state index in [-0.39, 0.29) is 19.2 Å². The van der Waals surface area contributed by atoms with Crippen LogP contribution in [0.25, 0.3) is 0 Å². The summed E-state index contributed by atoms with van der Waals surface area (Å²) in [6, 6.07) is 0.638. The Hall–Kier alpha value is -2.09. The van der Waals surface area contributed by atoms with Crippen molar-refractivity contribution >= 4 is 11.6 Å². The summed E-state index contributed by atoms with van der Waals surface area (Å²) >= 11 is 0. The largest absolute Gasteiger partial charge is 0.396 e. The van der Waals surface area contributed by atoms with Crippen LogP contribution < -0.4 is 0 Å². The normalized spacial score (nSPS) is 10.8. The van der Waals surface area contributed by atoms with Crippen molar-refractivity contribution in [3.05, 3.63) is 39.4 Å². The molecule has 1 N–H and O–H groups in total. The molecule has 0 radical (unpaired) electrons. The quantitative estimate of drug-likeness (QED) is 0.644. The fourth-order valence-electron chi connectivity index (χ4n) is 1.83. The Morgan fingerprint density at radius 1 is 1.38 bits per heavy atom. The lowest BCUT2D eigenvalue weighted by atomic mass is 10.1. The SMILES string of the molecule is CC(C)N(CCCO)C(=O)c1cc(F)c([N+](=O)[O-])cc1F. The molecule has 116 valence electrons. The molecule has 0 saturated heterocycles. The molecule has 0 fully saturated rings. The van der Waals surface area contributed by atoms with E-state index in [1.807, 2.05) is 0 Å². The average Bonchev–Trinajstić information content (AvgIpc) is 2.40. The van der Waals surface area contributed by atoms with Crippen molar-refractivity contribution in [3.8, 4) is 0 Å². The van der Waals surface area contributed by atoms with E-state index in [1.54, 1.807) is 13.8 Å². The van der Waals surface area contributed by atoms with E-state index >= 15 is 0 Å². The first-order valence-electron chi connectivity index (χ1n) is 6.34. The fraction of sp³-hybridized carbons (Fsp3) is 0.462. The highest BCUT2D eigenvalue weighted by Gasteiger charge is 2.26. The summed E-state index contributed by atoms with van der Waals surface area (Å²) in [6.45, 7) is 3.41. The predicted molar refractivity (Wildman–Crippen MR) is 70.9 cm³/mol. The van der Waals surface area contributed by atoms with Gasteiger partial charge >= 0.3 is 5.69 Å². The maximum Gasteiger partial charge on any atom is 0.307 e. The summed E-state index contributed by atoms with van der Waals surface area (Å²) in [7, 11) is 0. The molecule has 0 heterocycles. The molecule has 6 nitrogen and oxygen atoms in total. The molecular weight excluding hydrogens is 286 g/mol. The van der Waals surface area contributed by atoms with Gasteiger partial charge in [-0.05, 0) is 26.3 Å². The van der Waals surface area contributed by atoms with Crippen LogP contribution >= 0.6 is 0 Å². The number of amides is 1. The van der Waals surface area contributed by atoms with Crippen molar-refractivity contribution in [1.82, 2.24) is 4.90 Å². The second-order valence-electron chi connectivity index (χ2n) is 4.71. The van der Waals surface area contributed by atoms with Gasteiger partial charge in [-0.3, -0.25) is 14.9 Å². The Bertz CT molecular complexity index is 549. The van der Waals surface area contributed by atoms with Crippen molar-refractivity contribution in [3.63, 3.8) is 0 Å². The highest BCUT2D eigenvalue weighted by atomic mass is 19.1. The van der Waals surface area contributed by atoms with Crippen LogP contribution in [0.15, 0.2) is 12.1 Å². The summed E-state index contributed by atoms with van der Waals surface area (Å²) < 4.78 is 27.4. The Morgan fingerprint density at radius 2 is 2.00 bits per heavy atom. The molecule has 0 unspecified atom stereocenters. The lowest BCUT2D eigenvalue weighted by molar-refractivity contribution is -0.387. The zero-order chi connectivity index (χ0) is 16.2. The van der Waals surface area contributed by atoms with Gasteiger partial charge < -0.3 is 10.0 Å². The van der Waals surface area contributed by atoms with Crippen molar-refractivity contribution < 1.29 is 23.6 Å². The number of benzene rings is 1. The molecule has 1 aromatic rings. The Morgan fingerprint density at radius 3 is 2.48 bits per heavy atom.